The fraction of sp³-hybridized carbons (Fsp3) is 0.438. The normalized spacial score (nSPS) is 12.6. The summed E-state index contributed by atoms with van der Waals surface area (Å²) in [6.07, 6.45) is 2.47. The van der Waals surface area contributed by atoms with Crippen molar-refractivity contribution in [1.29, 1.82) is 0 Å². The molecule has 0 amide bonds. The molecule has 1 N–H and O–H groups in total. The number of hydrogen-bond donors (Lipinski definition) is 1. The molecular weight excluding hydrogens is 307 g/mol. The van der Waals surface area contributed by atoms with E-state index < -0.39 is 0 Å². The van der Waals surface area contributed by atoms with Crippen LogP contribution >= 0.6 is 22.9 Å². The Morgan fingerprint density at radius 3 is 2.86 bits per heavy atom. The van der Waals surface area contributed by atoms with Crippen molar-refractivity contribution in [3.05, 3.63) is 50.7 Å². The van der Waals surface area contributed by atoms with Gasteiger partial charge < -0.3 is 5.32 Å². The average molecular weight is 327 g/mol. The van der Waals surface area contributed by atoms with Crippen molar-refractivity contribution in [2.45, 2.75) is 39.2 Å². The zero-order valence-corrected chi connectivity index (χ0v) is 13.9. The summed E-state index contributed by atoms with van der Waals surface area (Å²) < 4.78 is 13.9. The molecule has 0 aliphatic carbocycles. The first kappa shape index (κ1) is 16.4. The van der Waals surface area contributed by atoms with Gasteiger partial charge in [-0.05, 0) is 50.1 Å². The van der Waals surface area contributed by atoms with Gasteiger partial charge in [-0.1, -0.05) is 18.5 Å². The van der Waals surface area contributed by atoms with Crippen LogP contribution in [0.2, 0.25) is 5.02 Å². The maximum Gasteiger partial charge on any atom is 0.126 e. The average Bonchev–Trinajstić information content (AvgIpc) is 2.85. The van der Waals surface area contributed by atoms with Crippen molar-refractivity contribution in [3.8, 4) is 0 Å². The lowest BCUT2D eigenvalue weighted by Gasteiger charge is -2.18. The molecule has 0 radical (unpaired) electrons. The van der Waals surface area contributed by atoms with Gasteiger partial charge in [0, 0.05) is 28.6 Å². The predicted molar refractivity (Wildman–Crippen MR) is 87.8 cm³/mol. The van der Waals surface area contributed by atoms with E-state index in [0.29, 0.717) is 17.0 Å². The van der Waals surface area contributed by atoms with Gasteiger partial charge in [-0.25, -0.2) is 9.37 Å². The number of benzene rings is 1. The molecule has 0 spiro atoms. The van der Waals surface area contributed by atoms with E-state index in [1.54, 1.807) is 23.5 Å². The molecule has 114 valence electrons. The van der Waals surface area contributed by atoms with Gasteiger partial charge in [0.2, 0.25) is 0 Å². The summed E-state index contributed by atoms with van der Waals surface area (Å²) >= 11 is 7.63. The van der Waals surface area contributed by atoms with Gasteiger partial charge in [-0.3, -0.25) is 0 Å². The van der Waals surface area contributed by atoms with Crippen LogP contribution < -0.4 is 5.32 Å². The van der Waals surface area contributed by atoms with Gasteiger partial charge in [-0.2, -0.15) is 0 Å². The molecule has 0 bridgehead atoms. The Kier molecular flexibility index (Phi) is 6.15. The minimum absolute atomic E-state index is 0.170. The Hall–Kier alpha value is -0.970. The van der Waals surface area contributed by atoms with E-state index in [1.165, 1.54) is 6.07 Å². The highest BCUT2D eigenvalue weighted by molar-refractivity contribution is 7.09. The van der Waals surface area contributed by atoms with Crippen LogP contribution in [0, 0.1) is 12.7 Å². The van der Waals surface area contributed by atoms with E-state index in [1.807, 2.05) is 12.3 Å². The molecule has 1 heterocycles. The maximum atomic E-state index is 13.9. The monoisotopic (exact) mass is 326 g/mol. The zero-order chi connectivity index (χ0) is 15.2. The molecule has 0 aliphatic heterocycles. The topological polar surface area (TPSA) is 24.9 Å². The molecular formula is C16H20ClFN2S. The van der Waals surface area contributed by atoms with Gasteiger partial charge in [0.1, 0.15) is 5.82 Å². The summed E-state index contributed by atoms with van der Waals surface area (Å²) in [5.41, 5.74) is 1.70. The van der Waals surface area contributed by atoms with Crippen molar-refractivity contribution < 1.29 is 4.39 Å². The first-order valence-electron chi connectivity index (χ1n) is 7.16. The molecule has 0 fully saturated rings. The number of halogens is 2. The van der Waals surface area contributed by atoms with Crippen LogP contribution in [0.25, 0.3) is 0 Å². The molecule has 5 heteroatoms. The maximum absolute atomic E-state index is 13.9. The summed E-state index contributed by atoms with van der Waals surface area (Å²) in [5.74, 6) is -0.196. The minimum atomic E-state index is -0.196. The molecule has 2 nitrogen and oxygen atoms in total. The summed E-state index contributed by atoms with van der Waals surface area (Å²) in [4.78, 5) is 4.50. The Bertz CT molecular complexity index is 585. The lowest BCUT2D eigenvalue weighted by Crippen LogP contribution is -2.34. The Balaban J connectivity index is 2.09. The molecule has 2 aromatic rings. The van der Waals surface area contributed by atoms with Gasteiger partial charge >= 0.3 is 0 Å². The molecule has 0 saturated carbocycles. The number of aromatic nitrogens is 1. The third-order valence-electron chi connectivity index (χ3n) is 3.24. The van der Waals surface area contributed by atoms with Gasteiger partial charge in [0.15, 0.2) is 0 Å². The third-order valence-corrected chi connectivity index (χ3v) is 4.47. The van der Waals surface area contributed by atoms with E-state index in [4.69, 9.17) is 11.6 Å². The third kappa shape index (κ3) is 5.06. The lowest BCUT2D eigenvalue weighted by molar-refractivity contribution is 0.491. The second kappa shape index (κ2) is 7.87. The van der Waals surface area contributed by atoms with Crippen molar-refractivity contribution in [2.75, 3.05) is 6.54 Å². The largest absolute Gasteiger partial charge is 0.313 e. The van der Waals surface area contributed by atoms with Crippen molar-refractivity contribution in [1.82, 2.24) is 10.3 Å². The van der Waals surface area contributed by atoms with E-state index in [2.05, 4.69) is 17.2 Å². The quantitative estimate of drug-likeness (QED) is 0.816. The first-order valence-corrected chi connectivity index (χ1v) is 8.42. The van der Waals surface area contributed by atoms with E-state index in [9.17, 15) is 4.39 Å². The van der Waals surface area contributed by atoms with E-state index >= 15 is 0 Å². The molecule has 1 aromatic carbocycles. The molecule has 0 saturated heterocycles. The zero-order valence-electron chi connectivity index (χ0n) is 12.3. The molecule has 2 rings (SSSR count). The number of aryl methyl sites for hydroxylation is 1. The number of rotatable bonds is 7. The van der Waals surface area contributed by atoms with Crippen LogP contribution in [0.15, 0.2) is 23.6 Å². The number of nitrogens with zero attached hydrogens (tertiary/aromatic N) is 1. The standard InChI is InChI=1S/C16H20ClFN2S/c1-3-6-19-14(9-16-20-11(2)10-21-16)8-12-7-13(17)4-5-15(12)18/h4-5,7,10,14,19H,3,6,8-9H2,1-2H3. The fourth-order valence-corrected chi connectivity index (χ4v) is 3.29. The van der Waals surface area contributed by atoms with Crippen molar-refractivity contribution in [2.24, 2.45) is 0 Å². The molecule has 0 aliphatic rings. The minimum Gasteiger partial charge on any atom is -0.313 e. The van der Waals surface area contributed by atoms with Gasteiger partial charge in [0.25, 0.3) is 0 Å². The smallest absolute Gasteiger partial charge is 0.126 e. The number of hydrogen-bond acceptors (Lipinski definition) is 3. The van der Waals surface area contributed by atoms with E-state index in [0.717, 1.165) is 30.1 Å². The van der Waals surface area contributed by atoms with Crippen molar-refractivity contribution in [3.63, 3.8) is 0 Å². The van der Waals surface area contributed by atoms with Crippen LogP contribution in [0.3, 0.4) is 0 Å². The summed E-state index contributed by atoms with van der Waals surface area (Å²) in [6.45, 7) is 5.03. The molecule has 1 atom stereocenters. The SMILES string of the molecule is CCCNC(Cc1nc(C)cs1)Cc1cc(Cl)ccc1F. The molecule has 1 unspecified atom stereocenters. The Morgan fingerprint density at radius 1 is 1.38 bits per heavy atom. The predicted octanol–water partition coefficient (Wildman–Crippen LogP) is 4.40. The highest BCUT2D eigenvalue weighted by Crippen LogP contribution is 2.19. The highest BCUT2D eigenvalue weighted by atomic mass is 35.5. The molecule has 21 heavy (non-hydrogen) atoms. The molecule has 1 aromatic heterocycles. The summed E-state index contributed by atoms with van der Waals surface area (Å²) in [7, 11) is 0. The second-order valence-corrected chi connectivity index (χ2v) is 6.56. The first-order chi connectivity index (χ1) is 10.1. The van der Waals surface area contributed by atoms with Gasteiger partial charge in [0.05, 0.1) is 5.01 Å². The Morgan fingerprint density at radius 2 is 2.19 bits per heavy atom. The number of thiazole rings is 1. The fourth-order valence-electron chi connectivity index (χ4n) is 2.24. The van der Waals surface area contributed by atoms with Crippen LogP contribution in [0.4, 0.5) is 4.39 Å². The summed E-state index contributed by atoms with van der Waals surface area (Å²) in [5, 5.41) is 7.19. The summed E-state index contributed by atoms with van der Waals surface area (Å²) in [6, 6.07) is 4.90. The number of nitrogens with one attached hydrogen (secondary N) is 1. The van der Waals surface area contributed by atoms with Crippen LogP contribution in [-0.2, 0) is 12.8 Å². The Labute approximate surface area is 134 Å². The van der Waals surface area contributed by atoms with Crippen molar-refractivity contribution >= 4 is 22.9 Å². The lowest BCUT2D eigenvalue weighted by atomic mass is 10.0. The van der Waals surface area contributed by atoms with Crippen LogP contribution in [-0.4, -0.2) is 17.6 Å². The van der Waals surface area contributed by atoms with Crippen LogP contribution in [0.5, 0.6) is 0 Å². The second-order valence-electron chi connectivity index (χ2n) is 5.18. The van der Waals surface area contributed by atoms with E-state index in [-0.39, 0.29) is 11.9 Å². The van der Waals surface area contributed by atoms with Crippen LogP contribution in [0.1, 0.15) is 29.6 Å². The van der Waals surface area contributed by atoms with Gasteiger partial charge in [-0.15, -0.1) is 11.3 Å². The highest BCUT2D eigenvalue weighted by Gasteiger charge is 2.14.